The van der Waals surface area contributed by atoms with Crippen molar-refractivity contribution in [3.05, 3.63) is 68.1 Å². The Bertz CT molecular complexity index is 636. The van der Waals surface area contributed by atoms with Gasteiger partial charge in [0.15, 0.2) is 0 Å². The number of hydrogen-bond donors (Lipinski definition) is 1. The van der Waals surface area contributed by atoms with E-state index in [-0.39, 0.29) is 5.91 Å². The highest BCUT2D eigenvalue weighted by Crippen LogP contribution is 2.22. The van der Waals surface area contributed by atoms with E-state index in [1.165, 1.54) is 5.56 Å². The van der Waals surface area contributed by atoms with Crippen molar-refractivity contribution in [2.45, 2.75) is 26.3 Å². The molecule has 0 atom stereocenters. The zero-order valence-electron chi connectivity index (χ0n) is 12.0. The first-order valence-electron chi connectivity index (χ1n) is 6.79. The van der Waals surface area contributed by atoms with Crippen LogP contribution in [0.3, 0.4) is 0 Å². The number of rotatable bonds is 4. The lowest BCUT2D eigenvalue weighted by Crippen LogP contribution is -2.23. The van der Waals surface area contributed by atoms with E-state index in [2.05, 4.69) is 75.3 Å². The van der Waals surface area contributed by atoms with Crippen molar-refractivity contribution in [2.75, 3.05) is 0 Å². The topological polar surface area (TPSA) is 29.1 Å². The average molecular weight is 411 g/mol. The molecule has 0 aliphatic carbocycles. The largest absolute Gasteiger partial charge is 0.348 e. The van der Waals surface area contributed by atoms with Gasteiger partial charge >= 0.3 is 0 Å². The van der Waals surface area contributed by atoms with E-state index in [0.29, 0.717) is 18.0 Å². The predicted molar refractivity (Wildman–Crippen MR) is 93.5 cm³/mol. The summed E-state index contributed by atoms with van der Waals surface area (Å²) in [4.78, 5) is 12.2. The molecule has 0 saturated carbocycles. The Labute approximate surface area is 142 Å². The molecule has 1 N–H and O–H groups in total. The third-order valence-electron chi connectivity index (χ3n) is 3.28. The van der Waals surface area contributed by atoms with Crippen LogP contribution in [0, 0.1) is 0 Å². The lowest BCUT2D eigenvalue weighted by Gasteiger charge is -2.09. The number of amides is 1. The molecule has 0 spiro atoms. The van der Waals surface area contributed by atoms with Gasteiger partial charge in [0.25, 0.3) is 5.91 Å². The molecule has 2 nitrogen and oxygen atoms in total. The maximum Gasteiger partial charge on any atom is 0.252 e. The van der Waals surface area contributed by atoms with E-state index >= 15 is 0 Å². The minimum atomic E-state index is -0.0812. The zero-order valence-corrected chi connectivity index (χ0v) is 15.2. The third kappa shape index (κ3) is 4.42. The summed E-state index contributed by atoms with van der Waals surface area (Å²) in [6.45, 7) is 4.86. The summed E-state index contributed by atoms with van der Waals surface area (Å²) in [7, 11) is 0. The van der Waals surface area contributed by atoms with Crippen molar-refractivity contribution >= 4 is 37.8 Å². The van der Waals surface area contributed by atoms with Crippen LogP contribution in [0.4, 0.5) is 0 Å². The molecule has 1 amide bonds. The third-order valence-corrected chi connectivity index (χ3v) is 4.42. The molecule has 2 aromatic carbocycles. The molecule has 0 fully saturated rings. The van der Waals surface area contributed by atoms with Crippen LogP contribution in [0.5, 0.6) is 0 Å². The molecule has 4 heteroatoms. The average Bonchev–Trinajstić information content (AvgIpc) is 2.45. The van der Waals surface area contributed by atoms with Gasteiger partial charge in [-0.2, -0.15) is 0 Å². The van der Waals surface area contributed by atoms with Crippen LogP contribution >= 0.6 is 31.9 Å². The number of carbonyl (C=O) groups is 1. The Hall–Kier alpha value is -1.13. The van der Waals surface area contributed by atoms with Gasteiger partial charge in [-0.15, -0.1) is 0 Å². The minimum Gasteiger partial charge on any atom is -0.348 e. The molecule has 0 aromatic heterocycles. The van der Waals surface area contributed by atoms with Gasteiger partial charge in [-0.1, -0.05) is 54.0 Å². The van der Waals surface area contributed by atoms with Crippen molar-refractivity contribution in [2.24, 2.45) is 0 Å². The van der Waals surface area contributed by atoms with Gasteiger partial charge < -0.3 is 5.32 Å². The standard InChI is InChI=1S/C17H17Br2NO/c1-11(2)13-5-3-12(4-6-13)10-20-17(21)15-8-7-14(18)9-16(15)19/h3-9,11H,10H2,1-2H3,(H,20,21). The van der Waals surface area contributed by atoms with E-state index in [9.17, 15) is 4.79 Å². The highest BCUT2D eigenvalue weighted by molar-refractivity contribution is 9.11. The van der Waals surface area contributed by atoms with Gasteiger partial charge in [-0.3, -0.25) is 4.79 Å². The lowest BCUT2D eigenvalue weighted by molar-refractivity contribution is 0.0950. The van der Waals surface area contributed by atoms with Gasteiger partial charge in [-0.25, -0.2) is 0 Å². The van der Waals surface area contributed by atoms with Crippen LogP contribution in [-0.2, 0) is 6.54 Å². The molecule has 0 aliphatic rings. The normalized spacial score (nSPS) is 10.7. The summed E-state index contributed by atoms with van der Waals surface area (Å²) in [5.74, 6) is 0.440. The second-order valence-electron chi connectivity index (χ2n) is 5.20. The monoisotopic (exact) mass is 409 g/mol. The van der Waals surface area contributed by atoms with E-state index < -0.39 is 0 Å². The minimum absolute atomic E-state index is 0.0812. The van der Waals surface area contributed by atoms with Crippen LogP contribution < -0.4 is 5.32 Å². The number of halogens is 2. The summed E-state index contributed by atoms with van der Waals surface area (Å²) in [5.41, 5.74) is 3.04. The van der Waals surface area contributed by atoms with Crippen LogP contribution in [0.1, 0.15) is 41.3 Å². The molecule has 110 valence electrons. The fourth-order valence-electron chi connectivity index (χ4n) is 1.97. The Balaban J connectivity index is 2.00. The number of benzene rings is 2. The smallest absolute Gasteiger partial charge is 0.252 e. The molecule has 0 bridgehead atoms. The molecule has 0 saturated heterocycles. The summed E-state index contributed by atoms with van der Waals surface area (Å²) in [6.07, 6.45) is 0. The number of hydrogen-bond acceptors (Lipinski definition) is 1. The van der Waals surface area contributed by atoms with Crippen LogP contribution in [0.25, 0.3) is 0 Å². The Morgan fingerprint density at radius 3 is 2.33 bits per heavy atom. The zero-order chi connectivity index (χ0) is 15.4. The van der Waals surface area contributed by atoms with Crippen molar-refractivity contribution < 1.29 is 4.79 Å². The van der Waals surface area contributed by atoms with E-state index in [1.54, 1.807) is 6.07 Å². The maximum atomic E-state index is 12.2. The molecule has 0 radical (unpaired) electrons. The Morgan fingerprint density at radius 2 is 1.76 bits per heavy atom. The summed E-state index contributed by atoms with van der Waals surface area (Å²) in [6, 6.07) is 13.9. The van der Waals surface area contributed by atoms with Crippen molar-refractivity contribution in [3.63, 3.8) is 0 Å². The Kier molecular flexibility index (Phi) is 5.59. The summed E-state index contributed by atoms with van der Waals surface area (Å²) >= 11 is 6.79. The second kappa shape index (κ2) is 7.23. The van der Waals surface area contributed by atoms with Gasteiger partial charge in [-0.05, 0) is 51.2 Å². The molecule has 0 unspecified atom stereocenters. The van der Waals surface area contributed by atoms with Gasteiger partial charge in [0, 0.05) is 15.5 Å². The molecule has 2 aromatic rings. The number of nitrogens with one attached hydrogen (secondary N) is 1. The van der Waals surface area contributed by atoms with Crippen LogP contribution in [-0.4, -0.2) is 5.91 Å². The first-order valence-corrected chi connectivity index (χ1v) is 8.38. The predicted octanol–water partition coefficient (Wildman–Crippen LogP) is 5.27. The van der Waals surface area contributed by atoms with Crippen molar-refractivity contribution in [1.82, 2.24) is 5.32 Å². The molecule has 2 rings (SSSR count). The van der Waals surface area contributed by atoms with Gasteiger partial charge in [0.2, 0.25) is 0 Å². The highest BCUT2D eigenvalue weighted by atomic mass is 79.9. The van der Waals surface area contributed by atoms with E-state index in [0.717, 1.165) is 14.5 Å². The molecular formula is C17H17Br2NO. The number of carbonyl (C=O) groups excluding carboxylic acids is 1. The maximum absolute atomic E-state index is 12.2. The first kappa shape index (κ1) is 16.2. The molecule has 0 heterocycles. The SMILES string of the molecule is CC(C)c1ccc(CNC(=O)c2ccc(Br)cc2Br)cc1. The summed E-state index contributed by atoms with van der Waals surface area (Å²) < 4.78 is 1.72. The van der Waals surface area contributed by atoms with E-state index in [4.69, 9.17) is 0 Å². The highest BCUT2D eigenvalue weighted by Gasteiger charge is 2.10. The van der Waals surface area contributed by atoms with Crippen molar-refractivity contribution in [3.8, 4) is 0 Å². The van der Waals surface area contributed by atoms with E-state index in [1.807, 2.05) is 12.1 Å². The van der Waals surface area contributed by atoms with Crippen LogP contribution in [0.15, 0.2) is 51.4 Å². The van der Waals surface area contributed by atoms with Gasteiger partial charge in [0.05, 0.1) is 5.56 Å². The van der Waals surface area contributed by atoms with Crippen molar-refractivity contribution in [1.29, 1.82) is 0 Å². The Morgan fingerprint density at radius 1 is 1.10 bits per heavy atom. The molecular weight excluding hydrogens is 394 g/mol. The quantitative estimate of drug-likeness (QED) is 0.731. The fourth-order valence-corrected chi connectivity index (χ4v) is 3.20. The summed E-state index contributed by atoms with van der Waals surface area (Å²) in [5, 5.41) is 2.94. The lowest BCUT2D eigenvalue weighted by atomic mass is 10.0. The second-order valence-corrected chi connectivity index (χ2v) is 6.97. The molecule has 21 heavy (non-hydrogen) atoms. The van der Waals surface area contributed by atoms with Crippen LogP contribution in [0.2, 0.25) is 0 Å². The first-order chi connectivity index (χ1) is 9.97. The van der Waals surface area contributed by atoms with Gasteiger partial charge in [0.1, 0.15) is 0 Å². The molecule has 0 aliphatic heterocycles. The fraction of sp³-hybridized carbons (Fsp3) is 0.235.